The molecule has 0 spiro atoms. The molecule has 1 atom stereocenters. The molecule has 1 aliphatic rings. The topological polar surface area (TPSA) is 64.4 Å². The van der Waals surface area contributed by atoms with Crippen molar-refractivity contribution < 1.29 is 9.66 Å². The van der Waals surface area contributed by atoms with Crippen LogP contribution in [0.2, 0.25) is 0 Å². The number of halogens is 1. The van der Waals surface area contributed by atoms with Crippen LogP contribution in [0.15, 0.2) is 22.7 Å². The average molecular weight is 329 g/mol. The molecule has 19 heavy (non-hydrogen) atoms. The first kappa shape index (κ1) is 14.4. The van der Waals surface area contributed by atoms with Crippen LogP contribution in [-0.4, -0.2) is 23.7 Å². The van der Waals surface area contributed by atoms with Crippen LogP contribution < -0.4 is 5.32 Å². The molecule has 1 saturated heterocycles. The van der Waals surface area contributed by atoms with Crippen molar-refractivity contribution in [3.8, 4) is 0 Å². The fourth-order valence-electron chi connectivity index (χ4n) is 2.29. The first-order valence-corrected chi connectivity index (χ1v) is 7.07. The van der Waals surface area contributed by atoms with E-state index in [-0.39, 0.29) is 16.2 Å². The second kappa shape index (κ2) is 5.98. The first-order chi connectivity index (χ1) is 9.00. The van der Waals surface area contributed by atoms with Crippen molar-refractivity contribution in [2.24, 2.45) is 0 Å². The van der Waals surface area contributed by atoms with E-state index >= 15 is 0 Å². The number of hydrogen-bond acceptors (Lipinski definition) is 4. The summed E-state index contributed by atoms with van der Waals surface area (Å²) in [4.78, 5) is 10.6. The predicted molar refractivity (Wildman–Crippen MR) is 76.1 cm³/mol. The normalized spacial score (nSPS) is 22.6. The van der Waals surface area contributed by atoms with E-state index in [1.807, 2.05) is 6.07 Å². The van der Waals surface area contributed by atoms with Gasteiger partial charge in [-0.15, -0.1) is 0 Å². The summed E-state index contributed by atoms with van der Waals surface area (Å²) in [6, 6.07) is 5.12. The number of hydrogen-bond donors (Lipinski definition) is 1. The van der Waals surface area contributed by atoms with Crippen LogP contribution in [0.4, 0.5) is 5.69 Å². The maximum atomic E-state index is 11.0. The third-order valence-corrected chi connectivity index (χ3v) is 3.85. The highest BCUT2D eigenvalue weighted by Crippen LogP contribution is 2.25. The molecule has 2 rings (SSSR count). The smallest absolute Gasteiger partial charge is 0.275 e. The lowest BCUT2D eigenvalue weighted by molar-refractivity contribution is -0.385. The number of ether oxygens (including phenoxy) is 1. The molecule has 0 bridgehead atoms. The molecule has 6 heteroatoms. The van der Waals surface area contributed by atoms with Gasteiger partial charge in [0.2, 0.25) is 0 Å². The Morgan fingerprint density at radius 3 is 3.00 bits per heavy atom. The molecule has 1 aromatic rings. The number of rotatable bonds is 5. The summed E-state index contributed by atoms with van der Waals surface area (Å²) in [7, 11) is 0. The van der Waals surface area contributed by atoms with Gasteiger partial charge in [0.1, 0.15) is 0 Å². The molecule has 104 valence electrons. The van der Waals surface area contributed by atoms with Gasteiger partial charge in [-0.3, -0.25) is 10.1 Å². The van der Waals surface area contributed by atoms with E-state index in [1.54, 1.807) is 6.07 Å². The lowest BCUT2D eigenvalue weighted by Crippen LogP contribution is -2.36. The van der Waals surface area contributed by atoms with Crippen LogP contribution in [0.25, 0.3) is 0 Å². The quantitative estimate of drug-likeness (QED) is 0.666. The SMILES string of the molecule is CC1(CNCc2ccc(Br)cc2[N+](=O)[O-])CCCO1. The molecule has 0 saturated carbocycles. The van der Waals surface area contributed by atoms with Gasteiger partial charge < -0.3 is 10.1 Å². The Labute approximate surface area is 120 Å². The Morgan fingerprint density at radius 2 is 2.37 bits per heavy atom. The second-order valence-electron chi connectivity index (χ2n) is 5.04. The zero-order valence-electron chi connectivity index (χ0n) is 10.8. The van der Waals surface area contributed by atoms with E-state index < -0.39 is 0 Å². The molecular formula is C13H17BrN2O3. The number of nitro benzene ring substituents is 1. The van der Waals surface area contributed by atoms with Gasteiger partial charge in [-0.25, -0.2) is 0 Å². The number of benzene rings is 1. The van der Waals surface area contributed by atoms with E-state index in [9.17, 15) is 10.1 Å². The minimum atomic E-state index is -0.352. The van der Waals surface area contributed by atoms with Gasteiger partial charge in [0.05, 0.1) is 10.5 Å². The summed E-state index contributed by atoms with van der Waals surface area (Å²) >= 11 is 3.25. The molecule has 1 unspecified atom stereocenters. The molecule has 1 aliphatic heterocycles. The largest absolute Gasteiger partial charge is 0.374 e. The Morgan fingerprint density at radius 1 is 1.58 bits per heavy atom. The van der Waals surface area contributed by atoms with Crippen molar-refractivity contribution in [3.63, 3.8) is 0 Å². The van der Waals surface area contributed by atoms with Crippen molar-refractivity contribution in [2.75, 3.05) is 13.2 Å². The highest BCUT2D eigenvalue weighted by Gasteiger charge is 2.29. The summed E-state index contributed by atoms with van der Waals surface area (Å²) < 4.78 is 6.39. The van der Waals surface area contributed by atoms with Crippen LogP contribution in [0.1, 0.15) is 25.3 Å². The first-order valence-electron chi connectivity index (χ1n) is 6.28. The third-order valence-electron chi connectivity index (χ3n) is 3.36. The monoisotopic (exact) mass is 328 g/mol. The standard InChI is InChI=1S/C13H17BrN2O3/c1-13(5-2-6-19-13)9-15-8-10-3-4-11(14)7-12(10)16(17)18/h3-4,7,15H,2,5-6,8-9H2,1H3. The van der Waals surface area contributed by atoms with Gasteiger partial charge in [0.25, 0.3) is 5.69 Å². The maximum absolute atomic E-state index is 11.0. The molecule has 0 radical (unpaired) electrons. The van der Waals surface area contributed by atoms with E-state index in [4.69, 9.17) is 4.74 Å². The van der Waals surface area contributed by atoms with E-state index in [1.165, 1.54) is 6.07 Å². The van der Waals surface area contributed by atoms with Crippen molar-refractivity contribution >= 4 is 21.6 Å². The van der Waals surface area contributed by atoms with Gasteiger partial charge in [-0.1, -0.05) is 15.9 Å². The van der Waals surface area contributed by atoms with Crippen LogP contribution >= 0.6 is 15.9 Å². The van der Waals surface area contributed by atoms with E-state index in [2.05, 4.69) is 28.2 Å². The Balaban J connectivity index is 1.97. The fraction of sp³-hybridized carbons (Fsp3) is 0.538. The second-order valence-corrected chi connectivity index (χ2v) is 5.95. The Bertz CT molecular complexity index is 473. The lowest BCUT2D eigenvalue weighted by atomic mass is 10.0. The zero-order chi connectivity index (χ0) is 13.9. The minimum absolute atomic E-state index is 0.135. The zero-order valence-corrected chi connectivity index (χ0v) is 12.4. The maximum Gasteiger partial charge on any atom is 0.275 e. The summed E-state index contributed by atoms with van der Waals surface area (Å²) in [6.45, 7) is 4.06. The van der Waals surface area contributed by atoms with Crippen molar-refractivity contribution in [2.45, 2.75) is 31.9 Å². The highest BCUT2D eigenvalue weighted by molar-refractivity contribution is 9.10. The minimum Gasteiger partial charge on any atom is -0.374 e. The predicted octanol–water partition coefficient (Wildman–Crippen LogP) is 3.02. The van der Waals surface area contributed by atoms with Gasteiger partial charge in [-0.05, 0) is 31.9 Å². The molecule has 1 fully saturated rings. The molecular weight excluding hydrogens is 312 g/mol. The summed E-state index contributed by atoms with van der Waals surface area (Å²) in [5, 5.41) is 14.2. The lowest BCUT2D eigenvalue weighted by Gasteiger charge is -2.23. The van der Waals surface area contributed by atoms with Crippen LogP contribution in [-0.2, 0) is 11.3 Å². The molecule has 0 aromatic heterocycles. The van der Waals surface area contributed by atoms with Crippen LogP contribution in [0.5, 0.6) is 0 Å². The van der Waals surface area contributed by atoms with Gasteiger partial charge in [0, 0.05) is 35.8 Å². The molecule has 5 nitrogen and oxygen atoms in total. The Kier molecular flexibility index (Phi) is 4.54. The number of nitrogens with zero attached hydrogens (tertiary/aromatic N) is 1. The van der Waals surface area contributed by atoms with E-state index in [0.717, 1.165) is 19.4 Å². The molecule has 0 aliphatic carbocycles. The van der Waals surface area contributed by atoms with Crippen LogP contribution in [0.3, 0.4) is 0 Å². The number of nitrogens with one attached hydrogen (secondary N) is 1. The summed E-state index contributed by atoms with van der Waals surface area (Å²) in [6.07, 6.45) is 2.11. The van der Waals surface area contributed by atoms with E-state index in [0.29, 0.717) is 23.1 Å². The van der Waals surface area contributed by atoms with Crippen molar-refractivity contribution in [1.82, 2.24) is 5.32 Å². The number of nitro groups is 1. The summed E-state index contributed by atoms with van der Waals surface area (Å²) in [5.41, 5.74) is 0.693. The van der Waals surface area contributed by atoms with Gasteiger partial charge in [-0.2, -0.15) is 0 Å². The fourth-order valence-corrected chi connectivity index (χ4v) is 2.64. The molecule has 1 aromatic carbocycles. The van der Waals surface area contributed by atoms with Gasteiger partial charge in [0.15, 0.2) is 0 Å². The highest BCUT2D eigenvalue weighted by atomic mass is 79.9. The van der Waals surface area contributed by atoms with Gasteiger partial charge >= 0.3 is 0 Å². The van der Waals surface area contributed by atoms with Crippen molar-refractivity contribution in [3.05, 3.63) is 38.3 Å². The van der Waals surface area contributed by atoms with Crippen LogP contribution in [0, 0.1) is 10.1 Å². The molecule has 0 amide bonds. The summed E-state index contributed by atoms with van der Waals surface area (Å²) in [5.74, 6) is 0. The Hall–Kier alpha value is -0.980. The molecule has 1 heterocycles. The third kappa shape index (κ3) is 3.75. The van der Waals surface area contributed by atoms with Crippen molar-refractivity contribution in [1.29, 1.82) is 0 Å². The average Bonchev–Trinajstić information content (AvgIpc) is 2.78. The molecule has 1 N–H and O–H groups in total.